The van der Waals surface area contributed by atoms with Crippen LogP contribution in [0.1, 0.15) is 15.9 Å². The minimum Gasteiger partial charge on any atom is -0.508 e. The molecule has 0 bridgehead atoms. The number of phenols is 3. The number of phenolic OH excluding ortho intramolecular Hbond substituents is 3. The molecule has 2 aromatic carbocycles. The Hall–Kier alpha value is -2.83. The SMILES string of the molecule is Cc1cc(F)c(OCC(=O)c2c(O)cc(O)cc2O)c(F)c1. The maximum Gasteiger partial charge on any atom is 0.207 e. The standard InChI is InChI=1S/C15H12F2O5/c1-7-2-9(16)15(10(17)3-7)22-6-13(21)14-11(19)4-8(18)5-12(14)20/h2-5,18-20H,6H2,1H3. The van der Waals surface area contributed by atoms with Gasteiger partial charge in [-0.25, -0.2) is 8.78 Å². The van der Waals surface area contributed by atoms with Gasteiger partial charge in [0.1, 0.15) is 22.8 Å². The maximum atomic E-state index is 13.6. The van der Waals surface area contributed by atoms with Gasteiger partial charge in [0, 0.05) is 12.1 Å². The van der Waals surface area contributed by atoms with Gasteiger partial charge in [0.25, 0.3) is 0 Å². The van der Waals surface area contributed by atoms with E-state index >= 15 is 0 Å². The highest BCUT2D eigenvalue weighted by atomic mass is 19.1. The van der Waals surface area contributed by atoms with Gasteiger partial charge in [0.15, 0.2) is 24.0 Å². The minimum atomic E-state index is -0.968. The summed E-state index contributed by atoms with van der Waals surface area (Å²) in [4.78, 5) is 11.9. The number of ether oxygens (including phenoxy) is 1. The van der Waals surface area contributed by atoms with Crippen molar-refractivity contribution in [3.05, 3.63) is 47.0 Å². The Morgan fingerprint density at radius 2 is 1.55 bits per heavy atom. The third-order valence-corrected chi connectivity index (χ3v) is 2.85. The van der Waals surface area contributed by atoms with Crippen molar-refractivity contribution in [2.45, 2.75) is 6.92 Å². The molecule has 0 aromatic heterocycles. The normalized spacial score (nSPS) is 10.5. The Bertz CT molecular complexity index is 697. The molecule has 0 aliphatic carbocycles. The number of benzene rings is 2. The molecule has 22 heavy (non-hydrogen) atoms. The van der Waals surface area contributed by atoms with Crippen LogP contribution in [0.25, 0.3) is 0 Å². The fraction of sp³-hybridized carbons (Fsp3) is 0.133. The van der Waals surface area contributed by atoms with Gasteiger partial charge < -0.3 is 20.1 Å². The molecule has 0 atom stereocenters. The molecule has 0 saturated carbocycles. The topological polar surface area (TPSA) is 87.0 Å². The highest BCUT2D eigenvalue weighted by Gasteiger charge is 2.20. The molecule has 0 aliphatic rings. The predicted octanol–water partition coefficient (Wildman–Crippen LogP) is 2.65. The molecule has 2 rings (SSSR count). The zero-order chi connectivity index (χ0) is 16.4. The molecule has 0 fully saturated rings. The number of aromatic hydroxyl groups is 3. The van der Waals surface area contributed by atoms with Crippen molar-refractivity contribution in [3.8, 4) is 23.0 Å². The predicted molar refractivity (Wildman–Crippen MR) is 72.4 cm³/mol. The van der Waals surface area contributed by atoms with Gasteiger partial charge in [-0.15, -0.1) is 0 Å². The molecule has 5 nitrogen and oxygen atoms in total. The summed E-state index contributed by atoms with van der Waals surface area (Å²) in [5.74, 6) is -5.35. The van der Waals surface area contributed by atoms with Gasteiger partial charge in [-0.2, -0.15) is 0 Å². The van der Waals surface area contributed by atoms with Gasteiger partial charge in [-0.1, -0.05) is 0 Å². The van der Waals surface area contributed by atoms with E-state index in [1.807, 2.05) is 0 Å². The van der Waals surface area contributed by atoms with Gasteiger partial charge in [0.2, 0.25) is 5.78 Å². The number of hydrogen-bond acceptors (Lipinski definition) is 5. The number of hydrogen-bond donors (Lipinski definition) is 3. The summed E-state index contributed by atoms with van der Waals surface area (Å²) in [5, 5.41) is 28.2. The van der Waals surface area contributed by atoms with E-state index in [9.17, 15) is 23.8 Å². The zero-order valence-electron chi connectivity index (χ0n) is 11.4. The lowest BCUT2D eigenvalue weighted by Gasteiger charge is -2.10. The zero-order valence-corrected chi connectivity index (χ0v) is 11.4. The van der Waals surface area contributed by atoms with Crippen LogP contribution in [0.15, 0.2) is 24.3 Å². The molecule has 7 heteroatoms. The van der Waals surface area contributed by atoms with Gasteiger partial charge >= 0.3 is 0 Å². The molecule has 0 unspecified atom stereocenters. The van der Waals surface area contributed by atoms with E-state index in [1.54, 1.807) is 0 Å². The van der Waals surface area contributed by atoms with E-state index in [2.05, 4.69) is 0 Å². The molecule has 116 valence electrons. The van der Waals surface area contributed by atoms with Crippen LogP contribution < -0.4 is 4.74 Å². The summed E-state index contributed by atoms with van der Waals surface area (Å²) in [6, 6.07) is 3.77. The second-order valence-electron chi connectivity index (χ2n) is 4.63. The number of Topliss-reactive ketones (excluding diaryl/α,β-unsaturated/α-hetero) is 1. The molecule has 0 radical (unpaired) electrons. The first-order chi connectivity index (χ1) is 10.3. The molecule has 0 spiro atoms. The number of halogens is 2. The second kappa shape index (κ2) is 5.88. The summed E-state index contributed by atoms with van der Waals surface area (Å²) < 4.78 is 31.9. The molecule has 0 amide bonds. The monoisotopic (exact) mass is 310 g/mol. The fourth-order valence-electron chi connectivity index (χ4n) is 1.92. The highest BCUT2D eigenvalue weighted by molar-refractivity contribution is 6.02. The van der Waals surface area contributed by atoms with Crippen molar-refractivity contribution in [1.82, 2.24) is 0 Å². The van der Waals surface area contributed by atoms with Gasteiger partial charge in [0.05, 0.1) is 0 Å². The van der Waals surface area contributed by atoms with E-state index in [-0.39, 0.29) is 0 Å². The van der Waals surface area contributed by atoms with E-state index in [0.29, 0.717) is 5.56 Å². The average molecular weight is 310 g/mol. The lowest BCUT2D eigenvalue weighted by molar-refractivity contribution is 0.0910. The van der Waals surface area contributed by atoms with E-state index < -0.39 is 52.6 Å². The van der Waals surface area contributed by atoms with Crippen LogP contribution in [0.2, 0.25) is 0 Å². The van der Waals surface area contributed by atoms with Gasteiger partial charge in [-0.3, -0.25) is 4.79 Å². The Labute approximate surface area is 124 Å². The number of rotatable bonds is 4. The van der Waals surface area contributed by atoms with Crippen molar-refractivity contribution in [2.75, 3.05) is 6.61 Å². The number of ketones is 1. The first-order valence-corrected chi connectivity index (χ1v) is 6.16. The van der Waals surface area contributed by atoms with Crippen molar-refractivity contribution >= 4 is 5.78 Å². The largest absolute Gasteiger partial charge is 0.508 e. The average Bonchev–Trinajstić information content (AvgIpc) is 2.35. The van der Waals surface area contributed by atoms with Crippen LogP contribution in [0.4, 0.5) is 8.78 Å². The number of carbonyl (C=O) groups excluding carboxylic acids is 1. The van der Waals surface area contributed by atoms with E-state index in [0.717, 1.165) is 24.3 Å². The summed E-state index contributed by atoms with van der Waals surface area (Å²) in [5.41, 5.74) is -0.159. The molecule has 2 aromatic rings. The van der Waals surface area contributed by atoms with Crippen molar-refractivity contribution < 1.29 is 33.6 Å². The molecule has 0 saturated heterocycles. The number of carbonyl (C=O) groups is 1. The second-order valence-corrected chi connectivity index (χ2v) is 4.63. The smallest absolute Gasteiger partial charge is 0.207 e. The maximum absolute atomic E-state index is 13.6. The summed E-state index contributed by atoms with van der Waals surface area (Å²) in [7, 11) is 0. The molecular formula is C15H12F2O5. The Kier molecular flexibility index (Phi) is 4.16. The Morgan fingerprint density at radius 1 is 1.05 bits per heavy atom. The lowest BCUT2D eigenvalue weighted by Crippen LogP contribution is -2.13. The van der Waals surface area contributed by atoms with Crippen LogP contribution in [0.5, 0.6) is 23.0 Å². The van der Waals surface area contributed by atoms with Crippen molar-refractivity contribution in [1.29, 1.82) is 0 Å². The summed E-state index contributed by atoms with van der Waals surface area (Å²) >= 11 is 0. The molecule has 0 heterocycles. The molecule has 0 aliphatic heterocycles. The Morgan fingerprint density at radius 3 is 2.05 bits per heavy atom. The first-order valence-electron chi connectivity index (χ1n) is 6.16. The fourth-order valence-corrected chi connectivity index (χ4v) is 1.92. The third-order valence-electron chi connectivity index (χ3n) is 2.85. The summed E-state index contributed by atoms with van der Waals surface area (Å²) in [6.07, 6.45) is 0. The minimum absolute atomic E-state index is 0.350. The molecular weight excluding hydrogens is 298 g/mol. The quantitative estimate of drug-likeness (QED) is 0.756. The van der Waals surface area contributed by atoms with Crippen molar-refractivity contribution in [3.63, 3.8) is 0 Å². The van der Waals surface area contributed by atoms with Crippen molar-refractivity contribution in [2.24, 2.45) is 0 Å². The van der Waals surface area contributed by atoms with Crippen LogP contribution in [0, 0.1) is 18.6 Å². The van der Waals surface area contributed by atoms with E-state index in [1.165, 1.54) is 6.92 Å². The Balaban J connectivity index is 2.21. The summed E-state index contributed by atoms with van der Waals surface area (Å²) in [6.45, 7) is 0.691. The van der Waals surface area contributed by atoms with E-state index in [4.69, 9.17) is 9.84 Å². The highest BCUT2D eigenvalue weighted by Crippen LogP contribution is 2.32. The van der Waals surface area contributed by atoms with Crippen LogP contribution in [-0.2, 0) is 0 Å². The van der Waals surface area contributed by atoms with Gasteiger partial charge in [-0.05, 0) is 24.6 Å². The first kappa shape index (κ1) is 15.6. The lowest BCUT2D eigenvalue weighted by atomic mass is 10.1. The number of aryl methyl sites for hydroxylation is 1. The van der Waals surface area contributed by atoms with Crippen LogP contribution in [-0.4, -0.2) is 27.7 Å². The van der Waals surface area contributed by atoms with Crippen LogP contribution in [0.3, 0.4) is 0 Å². The van der Waals surface area contributed by atoms with Crippen LogP contribution >= 0.6 is 0 Å². The third kappa shape index (κ3) is 3.08. The molecule has 3 N–H and O–H groups in total.